The molecule has 0 spiro atoms. The third-order valence-electron chi connectivity index (χ3n) is 7.05. The van der Waals surface area contributed by atoms with Gasteiger partial charge in [-0.1, -0.05) is 24.3 Å². The Morgan fingerprint density at radius 1 is 0.889 bits per heavy atom. The average molecular weight is 502 g/mol. The van der Waals surface area contributed by atoms with E-state index in [1.54, 1.807) is 17.5 Å². The summed E-state index contributed by atoms with van der Waals surface area (Å²) in [5.74, 6) is 1.53. The van der Waals surface area contributed by atoms with Crippen molar-refractivity contribution in [3.8, 4) is 0 Å². The number of piperazine rings is 1. The van der Waals surface area contributed by atoms with E-state index >= 15 is 0 Å². The molecular formula is C27H27N5O3S. The van der Waals surface area contributed by atoms with Gasteiger partial charge in [0.15, 0.2) is 5.76 Å². The Balaban J connectivity index is 1.04. The van der Waals surface area contributed by atoms with Crippen molar-refractivity contribution in [1.29, 1.82) is 0 Å². The summed E-state index contributed by atoms with van der Waals surface area (Å²) >= 11 is 1.55. The first-order chi connectivity index (χ1) is 17.7. The van der Waals surface area contributed by atoms with Crippen LogP contribution in [0.3, 0.4) is 0 Å². The van der Waals surface area contributed by atoms with Gasteiger partial charge < -0.3 is 19.1 Å². The number of pyridine rings is 1. The highest BCUT2D eigenvalue weighted by Gasteiger charge is 2.29. The zero-order valence-electron chi connectivity index (χ0n) is 19.9. The number of hydrogen-bond donors (Lipinski definition) is 0. The Labute approximate surface area is 213 Å². The van der Waals surface area contributed by atoms with Gasteiger partial charge in [0.2, 0.25) is 0 Å². The van der Waals surface area contributed by atoms with Crippen LogP contribution in [0.25, 0.3) is 11.0 Å². The van der Waals surface area contributed by atoms with Crippen LogP contribution in [0.15, 0.2) is 64.5 Å². The molecule has 5 heterocycles. The lowest BCUT2D eigenvalue weighted by atomic mass is 9.97. The maximum Gasteiger partial charge on any atom is 0.289 e. The molecule has 0 bridgehead atoms. The molecular weight excluding hydrogens is 474 g/mol. The SMILES string of the molecule is O=C(c1csc(C2CCN(C(=O)c3cc4ccccc4o3)CC2)n1)N1CCN(c2ccccn2)CC1. The van der Waals surface area contributed by atoms with E-state index in [4.69, 9.17) is 9.40 Å². The first-order valence-electron chi connectivity index (χ1n) is 12.3. The normalized spacial score (nSPS) is 17.1. The van der Waals surface area contributed by atoms with Crippen molar-refractivity contribution < 1.29 is 14.0 Å². The fraction of sp³-hybridized carbons (Fsp3) is 0.333. The number of anilines is 1. The van der Waals surface area contributed by atoms with Gasteiger partial charge in [0.25, 0.3) is 11.8 Å². The summed E-state index contributed by atoms with van der Waals surface area (Å²) in [6, 6.07) is 15.4. The smallest absolute Gasteiger partial charge is 0.289 e. The molecule has 2 saturated heterocycles. The summed E-state index contributed by atoms with van der Waals surface area (Å²) in [6.07, 6.45) is 3.45. The number of hydrogen-bond acceptors (Lipinski definition) is 7. The van der Waals surface area contributed by atoms with Crippen molar-refractivity contribution in [2.45, 2.75) is 18.8 Å². The van der Waals surface area contributed by atoms with Crippen LogP contribution in [0.1, 0.15) is 44.8 Å². The fourth-order valence-electron chi connectivity index (χ4n) is 4.99. The van der Waals surface area contributed by atoms with Gasteiger partial charge >= 0.3 is 0 Å². The molecule has 1 aromatic carbocycles. The number of benzene rings is 1. The maximum absolute atomic E-state index is 13.1. The number of likely N-dealkylation sites (tertiary alicyclic amines) is 1. The molecule has 0 aliphatic carbocycles. The van der Waals surface area contributed by atoms with Gasteiger partial charge in [-0.2, -0.15) is 0 Å². The van der Waals surface area contributed by atoms with Gasteiger partial charge in [-0.25, -0.2) is 9.97 Å². The number of furan rings is 1. The van der Waals surface area contributed by atoms with Crippen molar-refractivity contribution >= 4 is 39.9 Å². The second-order valence-corrected chi connectivity index (χ2v) is 10.1. The number of carbonyl (C=O) groups excluding carboxylic acids is 2. The molecule has 4 aromatic rings. The molecule has 2 fully saturated rings. The van der Waals surface area contributed by atoms with Gasteiger partial charge in [0, 0.05) is 62.1 Å². The summed E-state index contributed by atoms with van der Waals surface area (Å²) < 4.78 is 5.76. The van der Waals surface area contributed by atoms with Crippen molar-refractivity contribution in [3.63, 3.8) is 0 Å². The van der Waals surface area contributed by atoms with Crippen molar-refractivity contribution in [2.24, 2.45) is 0 Å². The van der Waals surface area contributed by atoms with Crippen LogP contribution in [0.5, 0.6) is 0 Å². The molecule has 2 aliphatic rings. The van der Waals surface area contributed by atoms with Crippen LogP contribution in [-0.4, -0.2) is 70.9 Å². The first kappa shape index (κ1) is 22.7. The summed E-state index contributed by atoms with van der Waals surface area (Å²) in [6.45, 7) is 4.14. The van der Waals surface area contributed by atoms with Crippen LogP contribution in [0, 0.1) is 0 Å². The van der Waals surface area contributed by atoms with Crippen LogP contribution in [0.2, 0.25) is 0 Å². The Kier molecular flexibility index (Phi) is 6.14. The van der Waals surface area contributed by atoms with Crippen LogP contribution >= 0.6 is 11.3 Å². The number of rotatable bonds is 4. The molecule has 184 valence electrons. The lowest BCUT2D eigenvalue weighted by molar-refractivity contribution is 0.0683. The topological polar surface area (TPSA) is 82.8 Å². The van der Waals surface area contributed by atoms with E-state index in [2.05, 4.69) is 9.88 Å². The quantitative estimate of drug-likeness (QED) is 0.415. The van der Waals surface area contributed by atoms with Gasteiger partial charge in [0.1, 0.15) is 17.1 Å². The highest BCUT2D eigenvalue weighted by molar-refractivity contribution is 7.09. The molecule has 8 nitrogen and oxygen atoms in total. The second kappa shape index (κ2) is 9.73. The summed E-state index contributed by atoms with van der Waals surface area (Å²) in [5, 5.41) is 3.81. The second-order valence-electron chi connectivity index (χ2n) is 9.25. The number of fused-ring (bicyclic) bond motifs is 1. The maximum atomic E-state index is 13.1. The van der Waals surface area contributed by atoms with Crippen LogP contribution in [-0.2, 0) is 0 Å². The summed E-state index contributed by atoms with van der Waals surface area (Å²) in [4.78, 5) is 41.1. The van der Waals surface area contributed by atoms with Gasteiger partial charge in [-0.15, -0.1) is 11.3 Å². The molecule has 2 amide bonds. The number of aromatic nitrogens is 2. The molecule has 0 unspecified atom stereocenters. The van der Waals surface area contributed by atoms with Gasteiger partial charge in [-0.05, 0) is 37.1 Å². The Morgan fingerprint density at radius 2 is 1.64 bits per heavy atom. The molecule has 0 saturated carbocycles. The predicted octanol–water partition coefficient (Wildman–Crippen LogP) is 4.27. The molecule has 2 aliphatic heterocycles. The predicted molar refractivity (Wildman–Crippen MR) is 139 cm³/mol. The standard InChI is InChI=1S/C27H27N5O3S/c33-26(32-15-13-30(14-16-32)24-7-3-4-10-28-24)21-18-36-25(29-21)19-8-11-31(12-9-19)27(34)23-17-20-5-1-2-6-22(20)35-23/h1-7,10,17-19H,8-9,11-16H2. The molecule has 3 aromatic heterocycles. The van der Waals surface area contributed by atoms with Crippen molar-refractivity contribution in [1.82, 2.24) is 19.8 Å². The van der Waals surface area contributed by atoms with E-state index in [0.29, 0.717) is 37.6 Å². The summed E-state index contributed by atoms with van der Waals surface area (Å²) in [5.41, 5.74) is 1.26. The van der Waals surface area contributed by atoms with E-state index in [9.17, 15) is 9.59 Å². The first-order valence-corrected chi connectivity index (χ1v) is 13.2. The lowest BCUT2D eigenvalue weighted by Gasteiger charge is -2.35. The third-order valence-corrected chi connectivity index (χ3v) is 8.06. The number of piperidine rings is 1. The highest BCUT2D eigenvalue weighted by Crippen LogP contribution is 2.32. The Hall–Kier alpha value is -3.72. The Morgan fingerprint density at radius 3 is 2.39 bits per heavy atom. The van der Waals surface area contributed by atoms with E-state index in [-0.39, 0.29) is 17.7 Å². The van der Waals surface area contributed by atoms with E-state index in [1.807, 2.05) is 63.7 Å². The van der Waals surface area contributed by atoms with Crippen molar-refractivity contribution in [3.05, 3.63) is 76.6 Å². The average Bonchev–Trinajstić information content (AvgIpc) is 3.61. The minimum atomic E-state index is -0.0653. The van der Waals surface area contributed by atoms with Crippen LogP contribution < -0.4 is 4.90 Å². The van der Waals surface area contributed by atoms with E-state index < -0.39 is 0 Å². The molecule has 6 rings (SSSR count). The van der Waals surface area contributed by atoms with Crippen molar-refractivity contribution in [2.75, 3.05) is 44.2 Å². The number of amides is 2. The number of para-hydroxylation sites is 1. The molecule has 0 atom stereocenters. The highest BCUT2D eigenvalue weighted by atomic mass is 32.1. The fourth-order valence-corrected chi connectivity index (χ4v) is 5.95. The van der Waals surface area contributed by atoms with Gasteiger partial charge in [-0.3, -0.25) is 9.59 Å². The number of thiazole rings is 1. The minimum absolute atomic E-state index is 0.00401. The minimum Gasteiger partial charge on any atom is -0.451 e. The lowest BCUT2D eigenvalue weighted by Crippen LogP contribution is -2.49. The molecule has 0 N–H and O–H groups in total. The monoisotopic (exact) mass is 501 g/mol. The van der Waals surface area contributed by atoms with Gasteiger partial charge in [0.05, 0.1) is 5.01 Å². The largest absolute Gasteiger partial charge is 0.451 e. The molecule has 0 radical (unpaired) electrons. The third kappa shape index (κ3) is 4.46. The van der Waals surface area contributed by atoms with E-state index in [0.717, 1.165) is 47.7 Å². The number of carbonyl (C=O) groups is 2. The van der Waals surface area contributed by atoms with E-state index in [1.165, 1.54) is 0 Å². The molecule has 9 heteroatoms. The number of nitrogens with zero attached hydrogens (tertiary/aromatic N) is 5. The Bertz CT molecular complexity index is 1340. The zero-order valence-corrected chi connectivity index (χ0v) is 20.7. The molecule has 36 heavy (non-hydrogen) atoms. The summed E-state index contributed by atoms with van der Waals surface area (Å²) in [7, 11) is 0. The van der Waals surface area contributed by atoms with Crippen LogP contribution in [0.4, 0.5) is 5.82 Å². The zero-order chi connectivity index (χ0) is 24.5.